The summed E-state index contributed by atoms with van der Waals surface area (Å²) in [6.07, 6.45) is 6.21. The highest BCUT2D eigenvalue weighted by molar-refractivity contribution is 5.66. The van der Waals surface area contributed by atoms with E-state index >= 15 is 0 Å². The fourth-order valence-corrected chi connectivity index (χ4v) is 2.75. The normalized spacial score (nSPS) is 33.5. The minimum Gasteiger partial charge on any atom is -0.461 e. The molecule has 2 aliphatic rings. The van der Waals surface area contributed by atoms with E-state index < -0.39 is 0 Å². The number of carbonyl (C=O) groups is 1. The Balaban J connectivity index is 1.97. The van der Waals surface area contributed by atoms with Crippen LogP contribution in [-0.4, -0.2) is 36.1 Å². The van der Waals surface area contributed by atoms with Gasteiger partial charge in [0.1, 0.15) is 6.10 Å². The van der Waals surface area contributed by atoms with Crippen LogP contribution in [0.1, 0.15) is 39.0 Å². The van der Waals surface area contributed by atoms with Crippen LogP contribution in [0.5, 0.6) is 0 Å². The zero-order valence-corrected chi connectivity index (χ0v) is 8.87. The molecular formula is C11H19NO2. The molecule has 80 valence electrons. The van der Waals surface area contributed by atoms with Crippen LogP contribution in [0.15, 0.2) is 0 Å². The van der Waals surface area contributed by atoms with E-state index in [9.17, 15) is 4.79 Å². The summed E-state index contributed by atoms with van der Waals surface area (Å²) in [4.78, 5) is 13.4. The quantitative estimate of drug-likeness (QED) is 0.597. The number of rotatable bonds is 1. The van der Waals surface area contributed by atoms with Crippen molar-refractivity contribution in [1.29, 1.82) is 0 Å². The van der Waals surface area contributed by atoms with Gasteiger partial charge in [-0.15, -0.1) is 0 Å². The fourth-order valence-electron chi connectivity index (χ4n) is 2.75. The molecule has 0 aliphatic carbocycles. The van der Waals surface area contributed by atoms with Gasteiger partial charge >= 0.3 is 5.97 Å². The monoisotopic (exact) mass is 197 g/mol. The fraction of sp³-hybridized carbons (Fsp3) is 0.909. The first-order valence-corrected chi connectivity index (χ1v) is 5.68. The number of fused-ring (bicyclic) bond motifs is 1. The highest BCUT2D eigenvalue weighted by Crippen LogP contribution is 2.28. The van der Waals surface area contributed by atoms with Crippen molar-refractivity contribution >= 4 is 5.97 Å². The number of esters is 1. The van der Waals surface area contributed by atoms with Gasteiger partial charge in [0.25, 0.3) is 0 Å². The van der Waals surface area contributed by atoms with Crippen LogP contribution < -0.4 is 0 Å². The maximum atomic E-state index is 10.9. The molecule has 0 amide bonds. The van der Waals surface area contributed by atoms with Crippen molar-refractivity contribution in [2.75, 3.05) is 13.1 Å². The third kappa shape index (κ3) is 2.08. The largest absolute Gasteiger partial charge is 0.461 e. The summed E-state index contributed by atoms with van der Waals surface area (Å²) >= 11 is 0. The molecule has 3 heteroatoms. The van der Waals surface area contributed by atoms with Gasteiger partial charge in [-0.1, -0.05) is 6.42 Å². The topological polar surface area (TPSA) is 29.5 Å². The second kappa shape index (κ2) is 4.30. The summed E-state index contributed by atoms with van der Waals surface area (Å²) < 4.78 is 5.38. The van der Waals surface area contributed by atoms with Crippen molar-refractivity contribution in [3.8, 4) is 0 Å². The lowest BCUT2D eigenvalue weighted by atomic mass is 9.91. The average molecular weight is 197 g/mol. The molecule has 14 heavy (non-hydrogen) atoms. The van der Waals surface area contributed by atoms with E-state index in [1.165, 1.54) is 45.7 Å². The average Bonchev–Trinajstić information content (AvgIpc) is 2.18. The van der Waals surface area contributed by atoms with Crippen molar-refractivity contribution in [1.82, 2.24) is 4.90 Å². The second-order valence-corrected chi connectivity index (χ2v) is 4.39. The van der Waals surface area contributed by atoms with E-state index in [4.69, 9.17) is 4.74 Å². The Bertz CT molecular complexity index is 215. The van der Waals surface area contributed by atoms with Crippen molar-refractivity contribution in [2.24, 2.45) is 0 Å². The Morgan fingerprint density at radius 3 is 2.79 bits per heavy atom. The Morgan fingerprint density at radius 2 is 2.00 bits per heavy atom. The molecule has 0 bridgehead atoms. The first-order chi connectivity index (χ1) is 6.77. The van der Waals surface area contributed by atoms with Gasteiger partial charge in [-0.25, -0.2) is 0 Å². The molecule has 2 saturated heterocycles. The van der Waals surface area contributed by atoms with Crippen LogP contribution in [0, 0.1) is 0 Å². The summed E-state index contributed by atoms with van der Waals surface area (Å²) in [7, 11) is 0. The Hall–Kier alpha value is -0.570. The highest BCUT2D eigenvalue weighted by atomic mass is 16.5. The number of hydrogen-bond donors (Lipinski definition) is 0. The maximum Gasteiger partial charge on any atom is 0.302 e. The van der Waals surface area contributed by atoms with E-state index in [0.717, 1.165) is 6.42 Å². The molecular weight excluding hydrogens is 178 g/mol. The zero-order valence-electron chi connectivity index (χ0n) is 8.87. The smallest absolute Gasteiger partial charge is 0.302 e. The predicted octanol–water partition coefficient (Wildman–Crippen LogP) is 1.57. The van der Waals surface area contributed by atoms with Gasteiger partial charge in [0, 0.05) is 13.0 Å². The third-order valence-corrected chi connectivity index (χ3v) is 3.34. The molecule has 2 atom stereocenters. The molecule has 0 aromatic heterocycles. The molecule has 0 radical (unpaired) electrons. The van der Waals surface area contributed by atoms with Gasteiger partial charge in [0.05, 0.1) is 0 Å². The molecule has 0 N–H and O–H groups in total. The molecule has 2 aliphatic heterocycles. The molecule has 3 nitrogen and oxygen atoms in total. The summed E-state index contributed by atoms with van der Waals surface area (Å²) in [5.41, 5.74) is 0. The number of nitrogens with zero attached hydrogens (tertiary/aromatic N) is 1. The third-order valence-electron chi connectivity index (χ3n) is 3.34. The van der Waals surface area contributed by atoms with E-state index in [-0.39, 0.29) is 12.1 Å². The zero-order chi connectivity index (χ0) is 9.97. The Morgan fingerprint density at radius 1 is 1.21 bits per heavy atom. The van der Waals surface area contributed by atoms with E-state index in [2.05, 4.69) is 4.90 Å². The molecule has 0 aromatic rings. The van der Waals surface area contributed by atoms with Gasteiger partial charge in [-0.05, 0) is 38.8 Å². The first-order valence-electron chi connectivity index (χ1n) is 5.68. The molecule has 2 rings (SSSR count). The van der Waals surface area contributed by atoms with E-state index in [0.29, 0.717) is 6.04 Å². The maximum absolute atomic E-state index is 10.9. The van der Waals surface area contributed by atoms with E-state index in [1.54, 1.807) is 0 Å². The number of carbonyl (C=O) groups excluding carboxylic acids is 1. The lowest BCUT2D eigenvalue weighted by Gasteiger charge is -2.43. The summed E-state index contributed by atoms with van der Waals surface area (Å²) in [6, 6.07) is 0.515. The number of piperidine rings is 2. The van der Waals surface area contributed by atoms with Gasteiger partial charge in [-0.3, -0.25) is 9.69 Å². The first kappa shape index (κ1) is 9.97. The summed E-state index contributed by atoms with van der Waals surface area (Å²) in [5.74, 6) is -0.123. The van der Waals surface area contributed by atoms with Crippen LogP contribution in [0.25, 0.3) is 0 Å². The molecule has 0 spiro atoms. The minimum atomic E-state index is -0.123. The molecule has 0 saturated carbocycles. The number of ether oxygens (including phenoxy) is 1. The lowest BCUT2D eigenvalue weighted by Crippen LogP contribution is -2.51. The lowest BCUT2D eigenvalue weighted by molar-refractivity contribution is -0.153. The summed E-state index contributed by atoms with van der Waals surface area (Å²) in [5, 5.41) is 0. The van der Waals surface area contributed by atoms with E-state index in [1.807, 2.05) is 0 Å². The van der Waals surface area contributed by atoms with Gasteiger partial charge < -0.3 is 4.74 Å². The summed E-state index contributed by atoms with van der Waals surface area (Å²) in [6.45, 7) is 3.91. The van der Waals surface area contributed by atoms with Crippen molar-refractivity contribution < 1.29 is 9.53 Å². The van der Waals surface area contributed by atoms with Crippen molar-refractivity contribution in [2.45, 2.75) is 51.2 Å². The van der Waals surface area contributed by atoms with Crippen LogP contribution >= 0.6 is 0 Å². The van der Waals surface area contributed by atoms with Gasteiger partial charge in [0.2, 0.25) is 0 Å². The van der Waals surface area contributed by atoms with Crippen molar-refractivity contribution in [3.05, 3.63) is 0 Å². The molecule has 0 aromatic carbocycles. The van der Waals surface area contributed by atoms with Crippen LogP contribution in [0.2, 0.25) is 0 Å². The minimum absolute atomic E-state index is 0.123. The van der Waals surface area contributed by atoms with Crippen LogP contribution in [0.3, 0.4) is 0 Å². The number of hydrogen-bond acceptors (Lipinski definition) is 3. The second-order valence-electron chi connectivity index (χ2n) is 4.39. The molecule has 2 heterocycles. The van der Waals surface area contributed by atoms with Crippen molar-refractivity contribution in [3.63, 3.8) is 0 Å². The van der Waals surface area contributed by atoms with Crippen LogP contribution in [0.4, 0.5) is 0 Å². The SMILES string of the molecule is CC(=O)O[C@@H]1CCCN2CCCC[C@@H]12. The predicted molar refractivity (Wildman–Crippen MR) is 54.0 cm³/mol. The van der Waals surface area contributed by atoms with Crippen LogP contribution in [-0.2, 0) is 9.53 Å². The van der Waals surface area contributed by atoms with Gasteiger partial charge in [0.15, 0.2) is 0 Å². The Labute approximate surface area is 85.4 Å². The molecule has 2 fully saturated rings. The molecule has 0 unspecified atom stereocenters. The standard InChI is InChI=1S/C11H19NO2/c1-9(13)14-11-6-4-8-12-7-3-2-5-10(11)12/h10-11H,2-8H2,1H3/t10-,11+/m0/s1. The van der Waals surface area contributed by atoms with Gasteiger partial charge in [-0.2, -0.15) is 0 Å². The highest BCUT2D eigenvalue weighted by Gasteiger charge is 2.34. The Kier molecular flexibility index (Phi) is 3.06.